The number of aromatic nitrogens is 2. The molecule has 1 N–H and O–H groups in total. The van der Waals surface area contributed by atoms with Gasteiger partial charge in [0.2, 0.25) is 0 Å². The summed E-state index contributed by atoms with van der Waals surface area (Å²) in [5, 5.41) is 4.28. The lowest BCUT2D eigenvalue weighted by molar-refractivity contribution is 0.238. The van der Waals surface area contributed by atoms with Crippen LogP contribution in [0.4, 0.5) is 4.39 Å². The molecule has 0 aliphatic carbocycles. The number of hydrogen-bond acceptors (Lipinski definition) is 4. The first-order valence-electron chi connectivity index (χ1n) is 6.96. The first-order chi connectivity index (χ1) is 10.5. The standard InChI is InChI=1S/C16H16FN3O2/c1-10(14-5-6-22-19-14)20(2)9-12-8-16(21)13-7-11(17)3-4-15(13)18-12/h3-8,10H,9H2,1-2H3,(H,18,21)/t10-/m0/s1. The fourth-order valence-corrected chi connectivity index (χ4v) is 2.43. The van der Waals surface area contributed by atoms with E-state index in [9.17, 15) is 9.18 Å². The summed E-state index contributed by atoms with van der Waals surface area (Å²) >= 11 is 0. The van der Waals surface area contributed by atoms with Crippen molar-refractivity contribution in [2.24, 2.45) is 0 Å². The van der Waals surface area contributed by atoms with Gasteiger partial charge in [-0.2, -0.15) is 0 Å². The van der Waals surface area contributed by atoms with Crippen LogP contribution in [0, 0.1) is 5.82 Å². The van der Waals surface area contributed by atoms with Crippen molar-refractivity contribution >= 4 is 10.9 Å². The number of benzene rings is 1. The minimum atomic E-state index is -0.414. The molecular weight excluding hydrogens is 285 g/mol. The Morgan fingerprint density at radius 2 is 2.18 bits per heavy atom. The zero-order chi connectivity index (χ0) is 15.7. The van der Waals surface area contributed by atoms with Gasteiger partial charge in [0.05, 0.1) is 6.04 Å². The van der Waals surface area contributed by atoms with Crippen LogP contribution >= 0.6 is 0 Å². The molecule has 0 bridgehead atoms. The third-order valence-corrected chi connectivity index (χ3v) is 3.81. The monoisotopic (exact) mass is 301 g/mol. The summed E-state index contributed by atoms with van der Waals surface area (Å²) in [5.74, 6) is -0.414. The molecule has 1 atom stereocenters. The number of fused-ring (bicyclic) bond motifs is 1. The van der Waals surface area contributed by atoms with Crippen molar-refractivity contribution in [2.45, 2.75) is 19.5 Å². The number of aromatic amines is 1. The molecule has 5 nitrogen and oxygen atoms in total. The molecule has 0 saturated carbocycles. The van der Waals surface area contributed by atoms with Crippen molar-refractivity contribution in [3.63, 3.8) is 0 Å². The molecule has 0 aliphatic rings. The minimum absolute atomic E-state index is 0.0474. The molecule has 0 saturated heterocycles. The molecule has 1 aromatic carbocycles. The summed E-state index contributed by atoms with van der Waals surface area (Å²) in [6, 6.07) is 7.53. The quantitative estimate of drug-likeness (QED) is 0.805. The Balaban J connectivity index is 1.88. The van der Waals surface area contributed by atoms with Gasteiger partial charge in [-0.3, -0.25) is 9.69 Å². The van der Waals surface area contributed by atoms with Gasteiger partial charge in [0, 0.05) is 35.3 Å². The maximum atomic E-state index is 13.2. The molecule has 3 aromatic rings. The fourth-order valence-electron chi connectivity index (χ4n) is 2.43. The van der Waals surface area contributed by atoms with E-state index in [1.54, 1.807) is 6.07 Å². The second kappa shape index (κ2) is 5.73. The molecule has 0 aliphatic heterocycles. The second-order valence-corrected chi connectivity index (χ2v) is 5.36. The number of hydrogen-bond donors (Lipinski definition) is 1. The topological polar surface area (TPSA) is 62.1 Å². The lowest BCUT2D eigenvalue weighted by Crippen LogP contribution is -2.23. The van der Waals surface area contributed by atoms with Crippen molar-refractivity contribution in [1.82, 2.24) is 15.0 Å². The van der Waals surface area contributed by atoms with Crippen LogP contribution in [-0.4, -0.2) is 22.1 Å². The van der Waals surface area contributed by atoms with Crippen LogP contribution in [0.3, 0.4) is 0 Å². The van der Waals surface area contributed by atoms with E-state index in [1.165, 1.54) is 24.5 Å². The summed E-state index contributed by atoms with van der Waals surface area (Å²) in [7, 11) is 1.94. The third kappa shape index (κ3) is 2.78. The Labute approximate surface area is 126 Å². The molecular formula is C16H16FN3O2. The first kappa shape index (κ1) is 14.5. The van der Waals surface area contributed by atoms with E-state index in [2.05, 4.69) is 10.1 Å². The lowest BCUT2D eigenvalue weighted by atomic mass is 10.1. The minimum Gasteiger partial charge on any atom is -0.364 e. The maximum Gasteiger partial charge on any atom is 0.189 e. The molecule has 0 unspecified atom stereocenters. The van der Waals surface area contributed by atoms with Crippen LogP contribution in [0.1, 0.15) is 24.4 Å². The highest BCUT2D eigenvalue weighted by atomic mass is 19.1. The fraction of sp³-hybridized carbons (Fsp3) is 0.250. The van der Waals surface area contributed by atoms with E-state index in [4.69, 9.17) is 4.52 Å². The maximum absolute atomic E-state index is 13.2. The molecule has 0 spiro atoms. The third-order valence-electron chi connectivity index (χ3n) is 3.81. The zero-order valence-electron chi connectivity index (χ0n) is 12.3. The summed E-state index contributed by atoms with van der Waals surface area (Å²) in [5.41, 5.74) is 2.03. The smallest absolute Gasteiger partial charge is 0.189 e. The van der Waals surface area contributed by atoms with Crippen LogP contribution in [0.25, 0.3) is 10.9 Å². The van der Waals surface area contributed by atoms with Crippen molar-refractivity contribution < 1.29 is 8.91 Å². The Kier molecular flexibility index (Phi) is 3.77. The highest BCUT2D eigenvalue weighted by molar-refractivity contribution is 5.78. The Morgan fingerprint density at radius 3 is 2.91 bits per heavy atom. The number of rotatable bonds is 4. The lowest BCUT2D eigenvalue weighted by Gasteiger charge is -2.22. The molecule has 2 heterocycles. The average Bonchev–Trinajstić information content (AvgIpc) is 3.01. The van der Waals surface area contributed by atoms with E-state index < -0.39 is 5.82 Å². The summed E-state index contributed by atoms with van der Waals surface area (Å²) in [4.78, 5) is 17.3. The van der Waals surface area contributed by atoms with Crippen molar-refractivity contribution in [3.8, 4) is 0 Å². The molecule has 3 rings (SSSR count). The molecule has 0 amide bonds. The number of H-pyrrole nitrogens is 1. The normalized spacial score (nSPS) is 12.9. The molecule has 114 valence electrons. The van der Waals surface area contributed by atoms with Gasteiger partial charge in [-0.15, -0.1) is 0 Å². The van der Waals surface area contributed by atoms with Crippen LogP contribution in [0.15, 0.2) is 45.9 Å². The van der Waals surface area contributed by atoms with Gasteiger partial charge >= 0.3 is 0 Å². The molecule has 2 aromatic heterocycles. The summed E-state index contributed by atoms with van der Waals surface area (Å²) in [6.45, 7) is 2.54. The van der Waals surface area contributed by atoms with Gasteiger partial charge in [-0.05, 0) is 32.2 Å². The molecule has 22 heavy (non-hydrogen) atoms. The average molecular weight is 301 g/mol. The Hall–Kier alpha value is -2.47. The highest BCUT2D eigenvalue weighted by Crippen LogP contribution is 2.19. The van der Waals surface area contributed by atoms with Crippen LogP contribution in [-0.2, 0) is 6.54 Å². The number of pyridine rings is 1. The SMILES string of the molecule is C[C@@H](c1ccon1)N(C)Cc1cc(=O)c2cc(F)ccc2[nH]1. The van der Waals surface area contributed by atoms with E-state index in [-0.39, 0.29) is 11.5 Å². The van der Waals surface area contributed by atoms with Crippen LogP contribution < -0.4 is 5.43 Å². The van der Waals surface area contributed by atoms with Gasteiger partial charge in [0.1, 0.15) is 17.8 Å². The van der Waals surface area contributed by atoms with Crippen molar-refractivity contribution in [1.29, 1.82) is 0 Å². The van der Waals surface area contributed by atoms with Gasteiger partial charge in [0.15, 0.2) is 5.43 Å². The van der Waals surface area contributed by atoms with E-state index in [1.807, 2.05) is 24.9 Å². The molecule has 6 heteroatoms. The van der Waals surface area contributed by atoms with Crippen LogP contribution in [0.2, 0.25) is 0 Å². The Morgan fingerprint density at radius 1 is 1.36 bits per heavy atom. The van der Waals surface area contributed by atoms with Gasteiger partial charge in [-0.1, -0.05) is 5.16 Å². The van der Waals surface area contributed by atoms with Crippen molar-refractivity contribution in [3.05, 3.63) is 64.0 Å². The number of nitrogens with zero attached hydrogens (tertiary/aromatic N) is 2. The van der Waals surface area contributed by atoms with Gasteiger partial charge in [0.25, 0.3) is 0 Å². The second-order valence-electron chi connectivity index (χ2n) is 5.36. The molecule has 0 fully saturated rings. The summed E-state index contributed by atoms with van der Waals surface area (Å²) < 4.78 is 18.1. The van der Waals surface area contributed by atoms with Crippen LogP contribution in [0.5, 0.6) is 0 Å². The van der Waals surface area contributed by atoms with Crippen molar-refractivity contribution in [2.75, 3.05) is 7.05 Å². The van der Waals surface area contributed by atoms with E-state index >= 15 is 0 Å². The van der Waals surface area contributed by atoms with Gasteiger partial charge < -0.3 is 9.51 Å². The Bertz CT molecular complexity index is 842. The summed E-state index contributed by atoms with van der Waals surface area (Å²) in [6.07, 6.45) is 1.53. The largest absolute Gasteiger partial charge is 0.364 e. The molecule has 0 radical (unpaired) electrons. The van der Waals surface area contributed by atoms with E-state index in [0.29, 0.717) is 17.4 Å². The predicted molar refractivity (Wildman–Crippen MR) is 80.9 cm³/mol. The predicted octanol–water partition coefficient (Wildman–Crippen LogP) is 2.85. The zero-order valence-corrected chi connectivity index (χ0v) is 12.3. The number of halogens is 1. The van der Waals surface area contributed by atoms with E-state index in [0.717, 1.165) is 11.4 Å². The van der Waals surface area contributed by atoms with Gasteiger partial charge in [-0.25, -0.2) is 4.39 Å². The highest BCUT2D eigenvalue weighted by Gasteiger charge is 2.15. The first-order valence-corrected chi connectivity index (χ1v) is 6.96. The number of nitrogens with one attached hydrogen (secondary N) is 1.